The summed E-state index contributed by atoms with van der Waals surface area (Å²) in [6, 6.07) is 7.99. The number of halogens is 1. The summed E-state index contributed by atoms with van der Waals surface area (Å²) in [5.41, 5.74) is 3.60. The molecule has 2 rings (SSSR count). The summed E-state index contributed by atoms with van der Waals surface area (Å²) in [6.07, 6.45) is 3.12. The first-order valence-electron chi connectivity index (χ1n) is 5.09. The fourth-order valence-corrected chi connectivity index (χ4v) is 1.37. The number of hydrogen-bond donors (Lipinski definition) is 3. The number of aromatic nitrogens is 2. The molecule has 7 heteroatoms. The van der Waals surface area contributed by atoms with Crippen molar-refractivity contribution in [1.82, 2.24) is 15.6 Å². The smallest absolute Gasteiger partial charge is 0.191 e. The van der Waals surface area contributed by atoms with E-state index >= 15 is 0 Å². The van der Waals surface area contributed by atoms with E-state index in [9.17, 15) is 4.39 Å². The number of rotatable bonds is 3. The van der Waals surface area contributed by atoms with Crippen LogP contribution < -0.4 is 10.7 Å². The average Bonchev–Trinajstić information content (AvgIpc) is 2.85. The highest BCUT2D eigenvalue weighted by Crippen LogP contribution is 2.11. The molecule has 18 heavy (non-hydrogen) atoms. The molecule has 1 heterocycles. The molecule has 5 nitrogen and oxygen atoms in total. The number of para-hydroxylation sites is 1. The Morgan fingerprint density at radius 3 is 2.94 bits per heavy atom. The lowest BCUT2D eigenvalue weighted by atomic mass is 10.3. The standard InChI is InChI=1S/C11H10FN5S/c12-9-3-1-2-4-10(9)15-11(18)17-14-7-8-5-6-13-16-8/h1-7H,(H,13,16)(H2,15,17,18)/b14-7-. The minimum absolute atomic E-state index is 0.205. The summed E-state index contributed by atoms with van der Waals surface area (Å²) in [7, 11) is 0. The zero-order valence-corrected chi connectivity index (χ0v) is 10.0. The van der Waals surface area contributed by atoms with Crippen molar-refractivity contribution >= 4 is 29.2 Å². The molecule has 0 saturated heterocycles. The van der Waals surface area contributed by atoms with Crippen molar-refractivity contribution in [3.8, 4) is 0 Å². The molecule has 0 aliphatic rings. The van der Waals surface area contributed by atoms with Crippen LogP contribution >= 0.6 is 12.2 Å². The first-order valence-corrected chi connectivity index (χ1v) is 5.50. The Balaban J connectivity index is 1.88. The van der Waals surface area contributed by atoms with Crippen molar-refractivity contribution in [2.24, 2.45) is 5.10 Å². The van der Waals surface area contributed by atoms with Gasteiger partial charge in [-0.25, -0.2) is 4.39 Å². The predicted octanol–water partition coefficient (Wildman–Crippen LogP) is 1.87. The molecule has 0 atom stereocenters. The summed E-state index contributed by atoms with van der Waals surface area (Å²) in [6.45, 7) is 0. The van der Waals surface area contributed by atoms with E-state index in [4.69, 9.17) is 12.2 Å². The van der Waals surface area contributed by atoms with Gasteiger partial charge in [0.25, 0.3) is 0 Å². The minimum Gasteiger partial charge on any atom is -0.329 e. The highest BCUT2D eigenvalue weighted by molar-refractivity contribution is 7.80. The quantitative estimate of drug-likeness (QED) is 0.449. The number of thiocarbonyl (C=S) groups is 1. The Hall–Kier alpha value is -2.28. The van der Waals surface area contributed by atoms with Crippen molar-refractivity contribution in [1.29, 1.82) is 0 Å². The van der Waals surface area contributed by atoms with Crippen LogP contribution in [0.1, 0.15) is 5.69 Å². The largest absolute Gasteiger partial charge is 0.329 e. The van der Waals surface area contributed by atoms with Gasteiger partial charge in [-0.15, -0.1) is 0 Å². The van der Waals surface area contributed by atoms with Gasteiger partial charge >= 0.3 is 0 Å². The molecule has 0 amide bonds. The van der Waals surface area contributed by atoms with E-state index in [1.807, 2.05) is 0 Å². The lowest BCUT2D eigenvalue weighted by molar-refractivity contribution is 0.632. The van der Waals surface area contributed by atoms with Crippen LogP contribution in [-0.2, 0) is 0 Å². The first-order chi connectivity index (χ1) is 8.75. The molecular weight excluding hydrogens is 253 g/mol. The first kappa shape index (κ1) is 12.2. The van der Waals surface area contributed by atoms with Crippen LogP contribution in [0.25, 0.3) is 0 Å². The normalized spacial score (nSPS) is 10.5. The van der Waals surface area contributed by atoms with Crippen molar-refractivity contribution < 1.29 is 4.39 Å². The third kappa shape index (κ3) is 3.36. The Kier molecular flexibility index (Phi) is 3.98. The van der Waals surface area contributed by atoms with Gasteiger partial charge in [-0.05, 0) is 30.4 Å². The Morgan fingerprint density at radius 2 is 2.22 bits per heavy atom. The molecule has 0 unspecified atom stereocenters. The number of hydrazone groups is 1. The SMILES string of the molecule is Fc1ccccc1NC(=S)N/N=C\c1ccn[nH]1. The molecule has 0 spiro atoms. The highest BCUT2D eigenvalue weighted by Gasteiger charge is 2.01. The fraction of sp³-hybridized carbons (Fsp3) is 0. The molecular formula is C11H10FN5S. The maximum absolute atomic E-state index is 13.3. The monoisotopic (exact) mass is 263 g/mol. The summed E-state index contributed by atoms with van der Waals surface area (Å²) >= 11 is 4.96. The van der Waals surface area contributed by atoms with Gasteiger partial charge in [-0.3, -0.25) is 10.5 Å². The lowest BCUT2D eigenvalue weighted by Gasteiger charge is -2.07. The number of benzene rings is 1. The molecule has 1 aromatic carbocycles. The van der Waals surface area contributed by atoms with Crippen LogP contribution in [0, 0.1) is 5.82 Å². The maximum Gasteiger partial charge on any atom is 0.191 e. The Labute approximate surface area is 108 Å². The van der Waals surface area contributed by atoms with E-state index in [0.717, 1.165) is 5.69 Å². The van der Waals surface area contributed by atoms with Gasteiger partial charge in [0.2, 0.25) is 0 Å². The van der Waals surface area contributed by atoms with Gasteiger partial charge in [0.1, 0.15) is 5.82 Å². The van der Waals surface area contributed by atoms with Gasteiger partial charge in [0, 0.05) is 6.20 Å². The van der Waals surface area contributed by atoms with Crippen molar-refractivity contribution in [2.75, 3.05) is 5.32 Å². The number of hydrogen-bond acceptors (Lipinski definition) is 3. The second-order valence-electron chi connectivity index (χ2n) is 3.32. The number of H-pyrrole nitrogens is 1. The van der Waals surface area contributed by atoms with E-state index < -0.39 is 0 Å². The van der Waals surface area contributed by atoms with Crippen molar-refractivity contribution in [3.05, 3.63) is 48.0 Å². The third-order valence-electron chi connectivity index (χ3n) is 2.01. The number of anilines is 1. The van der Waals surface area contributed by atoms with E-state index in [0.29, 0.717) is 5.69 Å². The number of aromatic amines is 1. The molecule has 0 bridgehead atoms. The van der Waals surface area contributed by atoms with Crippen LogP contribution in [0.4, 0.5) is 10.1 Å². The van der Waals surface area contributed by atoms with Crippen LogP contribution in [0.15, 0.2) is 41.6 Å². The van der Waals surface area contributed by atoms with Gasteiger partial charge < -0.3 is 5.32 Å². The zero-order chi connectivity index (χ0) is 12.8. The molecule has 0 aliphatic heterocycles. The lowest BCUT2D eigenvalue weighted by Crippen LogP contribution is -2.24. The van der Waals surface area contributed by atoms with Gasteiger partial charge in [0.05, 0.1) is 17.6 Å². The summed E-state index contributed by atoms with van der Waals surface area (Å²) in [5, 5.41) is 13.2. The summed E-state index contributed by atoms with van der Waals surface area (Å²) < 4.78 is 13.3. The van der Waals surface area contributed by atoms with E-state index in [-0.39, 0.29) is 10.9 Å². The topological polar surface area (TPSA) is 65.1 Å². The minimum atomic E-state index is -0.376. The van der Waals surface area contributed by atoms with Crippen molar-refractivity contribution in [2.45, 2.75) is 0 Å². The zero-order valence-electron chi connectivity index (χ0n) is 9.22. The van der Waals surface area contributed by atoms with E-state index in [1.165, 1.54) is 12.3 Å². The molecule has 0 fully saturated rings. The van der Waals surface area contributed by atoms with Gasteiger partial charge in [-0.2, -0.15) is 10.2 Å². The highest BCUT2D eigenvalue weighted by atomic mass is 32.1. The van der Waals surface area contributed by atoms with Gasteiger partial charge in [0.15, 0.2) is 5.11 Å². The number of nitrogens with one attached hydrogen (secondary N) is 3. The maximum atomic E-state index is 13.3. The van der Waals surface area contributed by atoms with Crippen LogP contribution in [0.3, 0.4) is 0 Å². The van der Waals surface area contributed by atoms with Gasteiger partial charge in [-0.1, -0.05) is 12.1 Å². The Morgan fingerprint density at radius 1 is 1.39 bits per heavy atom. The third-order valence-corrected chi connectivity index (χ3v) is 2.21. The molecule has 2 aromatic rings. The van der Waals surface area contributed by atoms with Crippen LogP contribution in [0.5, 0.6) is 0 Å². The summed E-state index contributed by atoms with van der Waals surface area (Å²) in [4.78, 5) is 0. The molecule has 1 aromatic heterocycles. The van der Waals surface area contributed by atoms with E-state index in [1.54, 1.807) is 30.5 Å². The van der Waals surface area contributed by atoms with Crippen molar-refractivity contribution in [3.63, 3.8) is 0 Å². The second kappa shape index (κ2) is 5.87. The molecule has 0 radical (unpaired) electrons. The molecule has 0 saturated carbocycles. The van der Waals surface area contributed by atoms with Crippen LogP contribution in [-0.4, -0.2) is 21.5 Å². The summed E-state index contributed by atoms with van der Waals surface area (Å²) in [5.74, 6) is -0.376. The Bertz CT molecular complexity index is 552. The second-order valence-corrected chi connectivity index (χ2v) is 3.72. The van der Waals surface area contributed by atoms with E-state index in [2.05, 4.69) is 26.0 Å². The average molecular weight is 263 g/mol. The molecule has 92 valence electrons. The molecule has 0 aliphatic carbocycles. The molecule has 3 N–H and O–H groups in total. The number of nitrogens with zero attached hydrogens (tertiary/aromatic N) is 2. The fourth-order valence-electron chi connectivity index (χ4n) is 1.21. The predicted molar refractivity (Wildman–Crippen MR) is 71.9 cm³/mol. The van der Waals surface area contributed by atoms with Crippen LogP contribution in [0.2, 0.25) is 0 Å².